The van der Waals surface area contributed by atoms with Crippen molar-refractivity contribution < 1.29 is 19.4 Å². The number of nitrogens with one attached hydrogen (secondary N) is 1. The Kier molecular flexibility index (Phi) is 6.35. The normalized spacial score (nSPS) is 17.0. The standard InChI is InChI=1S/C28H23Cl2N3O4/c1-32(2)16-8-10-17(11-9-16)33-24(19-14-31-22-7-5-4-6-18(19)22)23(26(35)28(33)36)25(34)15-12-20(29)27(37-3)21(30)13-15/h4-14,24,31,34H,1-3H3/b25-23+. The minimum atomic E-state index is -0.902. The Morgan fingerprint density at radius 3 is 2.30 bits per heavy atom. The van der Waals surface area contributed by atoms with Crippen molar-refractivity contribution in [3.8, 4) is 5.75 Å². The Hall–Kier alpha value is -3.94. The number of carbonyl (C=O) groups is 2. The van der Waals surface area contributed by atoms with Gasteiger partial charge in [0.05, 0.1) is 28.8 Å². The third kappa shape index (κ3) is 4.10. The van der Waals surface area contributed by atoms with Gasteiger partial charge in [-0.2, -0.15) is 0 Å². The zero-order chi connectivity index (χ0) is 26.4. The Bertz CT molecular complexity index is 1550. The number of amides is 1. The molecule has 1 saturated heterocycles. The highest BCUT2D eigenvalue weighted by molar-refractivity contribution is 6.52. The van der Waals surface area contributed by atoms with E-state index in [-0.39, 0.29) is 32.7 Å². The van der Waals surface area contributed by atoms with E-state index in [9.17, 15) is 14.7 Å². The number of nitrogens with zero attached hydrogens (tertiary/aromatic N) is 2. The number of Topliss-reactive ketones (excluding diaryl/α,β-unsaturated/α-hetero) is 1. The molecule has 1 aliphatic heterocycles. The molecule has 2 heterocycles. The van der Waals surface area contributed by atoms with E-state index in [2.05, 4.69) is 4.98 Å². The van der Waals surface area contributed by atoms with Crippen molar-refractivity contribution in [1.82, 2.24) is 4.98 Å². The number of aliphatic hydroxyl groups excluding tert-OH is 1. The van der Waals surface area contributed by atoms with Gasteiger partial charge in [0.2, 0.25) is 0 Å². The summed E-state index contributed by atoms with van der Waals surface area (Å²) in [7, 11) is 5.26. The maximum absolute atomic E-state index is 13.5. The molecule has 0 saturated carbocycles. The summed E-state index contributed by atoms with van der Waals surface area (Å²) in [5, 5.41) is 12.6. The van der Waals surface area contributed by atoms with Gasteiger partial charge in [-0.1, -0.05) is 41.4 Å². The first kappa shape index (κ1) is 24.7. The molecule has 1 fully saturated rings. The second-order valence-electron chi connectivity index (χ2n) is 8.84. The van der Waals surface area contributed by atoms with Crippen LogP contribution < -0.4 is 14.5 Å². The van der Waals surface area contributed by atoms with E-state index in [1.807, 2.05) is 55.4 Å². The van der Waals surface area contributed by atoms with Crippen molar-refractivity contribution in [2.75, 3.05) is 31.0 Å². The minimum Gasteiger partial charge on any atom is -0.507 e. The number of aromatic nitrogens is 1. The largest absolute Gasteiger partial charge is 0.507 e. The van der Waals surface area contributed by atoms with Crippen molar-refractivity contribution in [3.63, 3.8) is 0 Å². The number of aromatic amines is 1. The van der Waals surface area contributed by atoms with Gasteiger partial charge in [0, 0.05) is 53.7 Å². The van der Waals surface area contributed by atoms with E-state index in [0.29, 0.717) is 11.3 Å². The van der Waals surface area contributed by atoms with Crippen LogP contribution >= 0.6 is 23.2 Å². The number of halogens is 2. The summed E-state index contributed by atoms with van der Waals surface area (Å²) in [5.41, 5.74) is 3.09. The molecule has 0 spiro atoms. The Morgan fingerprint density at radius 2 is 1.68 bits per heavy atom. The van der Waals surface area contributed by atoms with Crippen LogP contribution in [0.25, 0.3) is 16.7 Å². The van der Waals surface area contributed by atoms with Crippen LogP contribution in [-0.4, -0.2) is 43.0 Å². The molecular formula is C28H23Cl2N3O4. The van der Waals surface area contributed by atoms with Gasteiger partial charge in [0.1, 0.15) is 5.76 Å². The average Bonchev–Trinajstić information content (AvgIpc) is 3.42. The quantitative estimate of drug-likeness (QED) is 0.181. The van der Waals surface area contributed by atoms with Gasteiger partial charge in [-0.25, -0.2) is 0 Å². The van der Waals surface area contributed by atoms with E-state index in [4.69, 9.17) is 27.9 Å². The molecule has 2 N–H and O–H groups in total. The lowest BCUT2D eigenvalue weighted by Gasteiger charge is -2.25. The topological polar surface area (TPSA) is 85.9 Å². The van der Waals surface area contributed by atoms with Gasteiger partial charge >= 0.3 is 0 Å². The highest BCUT2D eigenvalue weighted by Gasteiger charge is 2.47. The van der Waals surface area contributed by atoms with Crippen LogP contribution in [0.2, 0.25) is 10.0 Å². The molecule has 1 atom stereocenters. The molecule has 9 heteroatoms. The van der Waals surface area contributed by atoms with Gasteiger partial charge in [0.15, 0.2) is 5.75 Å². The first-order chi connectivity index (χ1) is 17.7. The summed E-state index contributed by atoms with van der Waals surface area (Å²) in [5.74, 6) is -1.70. The van der Waals surface area contributed by atoms with Crippen LogP contribution in [-0.2, 0) is 9.59 Å². The predicted octanol–water partition coefficient (Wildman–Crippen LogP) is 6.18. The maximum atomic E-state index is 13.5. The van der Waals surface area contributed by atoms with E-state index in [1.54, 1.807) is 18.3 Å². The molecule has 1 unspecified atom stereocenters. The van der Waals surface area contributed by atoms with Crippen molar-refractivity contribution in [2.24, 2.45) is 0 Å². The molecule has 5 rings (SSSR count). The lowest BCUT2D eigenvalue weighted by atomic mass is 9.94. The lowest BCUT2D eigenvalue weighted by molar-refractivity contribution is -0.132. The van der Waals surface area contributed by atoms with Crippen LogP contribution in [0.4, 0.5) is 11.4 Å². The predicted molar refractivity (Wildman–Crippen MR) is 147 cm³/mol. The van der Waals surface area contributed by atoms with E-state index < -0.39 is 17.7 Å². The van der Waals surface area contributed by atoms with Gasteiger partial charge < -0.3 is 19.7 Å². The second-order valence-corrected chi connectivity index (χ2v) is 9.66. The second kappa shape index (κ2) is 9.50. The van der Waals surface area contributed by atoms with Crippen LogP contribution in [0.3, 0.4) is 0 Å². The van der Waals surface area contributed by atoms with Crippen LogP contribution in [0.15, 0.2) is 72.4 Å². The number of H-pyrrole nitrogens is 1. The number of rotatable bonds is 5. The van der Waals surface area contributed by atoms with Gasteiger partial charge in [0.25, 0.3) is 11.7 Å². The van der Waals surface area contributed by atoms with Crippen molar-refractivity contribution in [2.45, 2.75) is 6.04 Å². The fourth-order valence-corrected chi connectivity index (χ4v) is 5.31. The van der Waals surface area contributed by atoms with E-state index in [0.717, 1.165) is 16.6 Å². The molecule has 1 aliphatic rings. The highest BCUT2D eigenvalue weighted by Crippen LogP contribution is 2.45. The molecule has 0 aliphatic carbocycles. The zero-order valence-corrected chi connectivity index (χ0v) is 21.8. The number of anilines is 2. The fourth-order valence-electron chi connectivity index (χ4n) is 4.67. The summed E-state index contributed by atoms with van der Waals surface area (Å²) >= 11 is 12.6. The number of aliphatic hydroxyl groups is 1. The number of para-hydroxylation sites is 1. The monoisotopic (exact) mass is 535 g/mol. The number of benzene rings is 3. The SMILES string of the molecule is COc1c(Cl)cc(/C(O)=C2\C(=O)C(=O)N(c3ccc(N(C)C)cc3)C2c2c[nH]c3ccccc23)cc1Cl. The number of methoxy groups -OCH3 is 1. The number of carbonyl (C=O) groups excluding carboxylic acids is 2. The summed E-state index contributed by atoms with van der Waals surface area (Å²) in [6.07, 6.45) is 1.75. The summed E-state index contributed by atoms with van der Waals surface area (Å²) in [4.78, 5) is 33.5. The van der Waals surface area contributed by atoms with E-state index >= 15 is 0 Å². The minimum absolute atomic E-state index is 0.0660. The molecule has 0 bridgehead atoms. The third-order valence-corrected chi connectivity index (χ3v) is 7.04. The summed E-state index contributed by atoms with van der Waals surface area (Å²) < 4.78 is 5.21. The first-order valence-corrected chi connectivity index (χ1v) is 12.2. The first-order valence-electron chi connectivity index (χ1n) is 11.4. The fraction of sp³-hybridized carbons (Fsp3) is 0.143. The number of hydrogen-bond acceptors (Lipinski definition) is 5. The van der Waals surface area contributed by atoms with E-state index in [1.165, 1.54) is 24.1 Å². The zero-order valence-electron chi connectivity index (χ0n) is 20.3. The third-order valence-electron chi connectivity index (χ3n) is 6.48. The Morgan fingerprint density at radius 1 is 1.03 bits per heavy atom. The highest BCUT2D eigenvalue weighted by atomic mass is 35.5. The molecule has 37 heavy (non-hydrogen) atoms. The molecule has 0 radical (unpaired) electrons. The van der Waals surface area contributed by atoms with Crippen LogP contribution in [0.5, 0.6) is 5.75 Å². The van der Waals surface area contributed by atoms with Crippen LogP contribution in [0.1, 0.15) is 17.2 Å². The smallest absolute Gasteiger partial charge is 0.300 e. The summed E-state index contributed by atoms with van der Waals surface area (Å²) in [6.45, 7) is 0. The molecule has 3 aromatic carbocycles. The van der Waals surface area contributed by atoms with Gasteiger partial charge in [-0.05, 0) is 42.5 Å². The number of hydrogen-bond donors (Lipinski definition) is 2. The Balaban J connectivity index is 1.75. The number of ketones is 1. The molecule has 1 amide bonds. The van der Waals surface area contributed by atoms with Crippen molar-refractivity contribution >= 4 is 62.9 Å². The molecule has 1 aromatic heterocycles. The average molecular weight is 536 g/mol. The molecular weight excluding hydrogens is 513 g/mol. The van der Waals surface area contributed by atoms with Crippen LogP contribution in [0, 0.1) is 0 Å². The summed E-state index contributed by atoms with van der Waals surface area (Å²) in [6, 6.07) is 16.9. The number of ether oxygens (including phenoxy) is 1. The van der Waals surface area contributed by atoms with Crippen molar-refractivity contribution in [3.05, 3.63) is 93.6 Å². The molecule has 7 nitrogen and oxygen atoms in total. The van der Waals surface area contributed by atoms with Gasteiger partial charge in [-0.15, -0.1) is 0 Å². The lowest BCUT2D eigenvalue weighted by Crippen LogP contribution is -2.29. The number of fused-ring (bicyclic) bond motifs is 1. The molecule has 4 aromatic rings. The molecule has 188 valence electrons. The maximum Gasteiger partial charge on any atom is 0.300 e. The Labute approximate surface area is 223 Å². The van der Waals surface area contributed by atoms with Crippen molar-refractivity contribution in [1.29, 1.82) is 0 Å². The van der Waals surface area contributed by atoms with Gasteiger partial charge in [-0.3, -0.25) is 14.5 Å².